The number of hydrogen-bond donors (Lipinski definition) is 1. The smallest absolute Gasteiger partial charge is 0.224 e. The molecule has 2 aromatic carbocycles. The van der Waals surface area contributed by atoms with Gasteiger partial charge in [-0.05, 0) is 35.4 Å². The second kappa shape index (κ2) is 6.47. The van der Waals surface area contributed by atoms with Gasteiger partial charge in [-0.2, -0.15) is 0 Å². The topological polar surface area (TPSA) is 47.6 Å². The van der Waals surface area contributed by atoms with Gasteiger partial charge in [0.1, 0.15) is 19.0 Å². The van der Waals surface area contributed by atoms with E-state index in [0.717, 1.165) is 11.1 Å². The first kappa shape index (κ1) is 14.4. The second-order valence-corrected chi connectivity index (χ2v) is 5.06. The average molecular weight is 301 g/mol. The van der Waals surface area contributed by atoms with Crippen molar-refractivity contribution in [1.29, 1.82) is 0 Å². The van der Waals surface area contributed by atoms with Crippen molar-refractivity contribution < 1.29 is 18.7 Å². The SMILES string of the molecule is O=C(Cc1ccc2c(c1)OCCO2)NCc1ccc(F)cc1. The van der Waals surface area contributed by atoms with Crippen molar-refractivity contribution in [2.75, 3.05) is 13.2 Å². The average Bonchev–Trinajstić information content (AvgIpc) is 2.54. The van der Waals surface area contributed by atoms with E-state index in [4.69, 9.17) is 9.47 Å². The zero-order valence-corrected chi connectivity index (χ0v) is 12.0. The Morgan fingerprint density at radius 3 is 2.45 bits per heavy atom. The molecule has 0 radical (unpaired) electrons. The van der Waals surface area contributed by atoms with Crippen molar-refractivity contribution in [3.8, 4) is 11.5 Å². The highest BCUT2D eigenvalue weighted by molar-refractivity contribution is 5.78. The van der Waals surface area contributed by atoms with Crippen LogP contribution in [0.1, 0.15) is 11.1 Å². The van der Waals surface area contributed by atoms with Gasteiger partial charge in [-0.25, -0.2) is 4.39 Å². The molecule has 114 valence electrons. The lowest BCUT2D eigenvalue weighted by molar-refractivity contribution is -0.120. The van der Waals surface area contributed by atoms with Crippen LogP contribution in [0.3, 0.4) is 0 Å². The summed E-state index contributed by atoms with van der Waals surface area (Å²) >= 11 is 0. The van der Waals surface area contributed by atoms with Gasteiger partial charge in [0.2, 0.25) is 5.91 Å². The molecule has 0 aromatic heterocycles. The number of halogens is 1. The highest BCUT2D eigenvalue weighted by Gasteiger charge is 2.13. The highest BCUT2D eigenvalue weighted by Crippen LogP contribution is 2.30. The number of benzene rings is 2. The Bertz CT molecular complexity index is 670. The number of fused-ring (bicyclic) bond motifs is 1. The van der Waals surface area contributed by atoms with Crippen molar-refractivity contribution in [3.63, 3.8) is 0 Å². The standard InChI is InChI=1S/C17H16FNO3/c18-14-4-1-12(2-5-14)11-19-17(20)10-13-3-6-15-16(9-13)22-8-7-21-15/h1-6,9H,7-8,10-11H2,(H,19,20). The highest BCUT2D eigenvalue weighted by atomic mass is 19.1. The Kier molecular flexibility index (Phi) is 4.23. The lowest BCUT2D eigenvalue weighted by Gasteiger charge is -2.18. The van der Waals surface area contributed by atoms with Crippen LogP contribution in [0.25, 0.3) is 0 Å². The van der Waals surface area contributed by atoms with E-state index in [9.17, 15) is 9.18 Å². The molecule has 3 rings (SSSR count). The fourth-order valence-corrected chi connectivity index (χ4v) is 2.25. The number of rotatable bonds is 4. The van der Waals surface area contributed by atoms with Crippen LogP contribution in [0.2, 0.25) is 0 Å². The maximum atomic E-state index is 12.8. The number of ether oxygens (including phenoxy) is 2. The largest absolute Gasteiger partial charge is 0.486 e. The summed E-state index contributed by atoms with van der Waals surface area (Å²) in [5.41, 5.74) is 1.72. The summed E-state index contributed by atoms with van der Waals surface area (Å²) < 4.78 is 23.7. The predicted octanol–water partition coefficient (Wildman–Crippen LogP) is 2.46. The van der Waals surface area contributed by atoms with Crippen LogP contribution in [0, 0.1) is 5.82 Å². The van der Waals surface area contributed by atoms with Crippen LogP contribution in [-0.4, -0.2) is 19.1 Å². The molecular weight excluding hydrogens is 285 g/mol. The zero-order chi connectivity index (χ0) is 15.4. The van der Waals surface area contributed by atoms with Crippen LogP contribution >= 0.6 is 0 Å². The van der Waals surface area contributed by atoms with E-state index in [1.807, 2.05) is 18.2 Å². The van der Waals surface area contributed by atoms with Gasteiger partial charge < -0.3 is 14.8 Å². The molecule has 22 heavy (non-hydrogen) atoms. The lowest BCUT2D eigenvalue weighted by Crippen LogP contribution is -2.24. The van der Waals surface area contributed by atoms with Gasteiger partial charge in [0.05, 0.1) is 6.42 Å². The van der Waals surface area contributed by atoms with Gasteiger partial charge in [-0.1, -0.05) is 18.2 Å². The lowest BCUT2D eigenvalue weighted by atomic mass is 10.1. The van der Waals surface area contributed by atoms with Crippen LogP contribution in [0.4, 0.5) is 4.39 Å². The summed E-state index contributed by atoms with van der Waals surface area (Å²) in [6.45, 7) is 1.45. The number of amides is 1. The van der Waals surface area contributed by atoms with E-state index >= 15 is 0 Å². The third-order valence-corrected chi connectivity index (χ3v) is 3.37. The number of hydrogen-bond acceptors (Lipinski definition) is 3. The molecule has 0 fully saturated rings. The Morgan fingerprint density at radius 2 is 1.68 bits per heavy atom. The van der Waals surface area contributed by atoms with E-state index in [0.29, 0.717) is 31.3 Å². The molecule has 1 N–H and O–H groups in total. The minimum Gasteiger partial charge on any atom is -0.486 e. The fraction of sp³-hybridized carbons (Fsp3) is 0.235. The number of nitrogens with one attached hydrogen (secondary N) is 1. The Labute approximate surface area is 127 Å². The van der Waals surface area contributed by atoms with Crippen LogP contribution in [-0.2, 0) is 17.8 Å². The summed E-state index contributed by atoms with van der Waals surface area (Å²) in [4.78, 5) is 12.0. The minimum absolute atomic E-state index is 0.0963. The quantitative estimate of drug-likeness (QED) is 0.943. The second-order valence-electron chi connectivity index (χ2n) is 5.06. The molecule has 0 unspecified atom stereocenters. The van der Waals surface area contributed by atoms with Crippen molar-refractivity contribution >= 4 is 5.91 Å². The van der Waals surface area contributed by atoms with E-state index in [-0.39, 0.29) is 18.1 Å². The molecule has 0 saturated heterocycles. The van der Waals surface area contributed by atoms with Crippen molar-refractivity contribution in [3.05, 3.63) is 59.4 Å². The van der Waals surface area contributed by atoms with E-state index in [1.165, 1.54) is 12.1 Å². The first-order valence-electron chi connectivity index (χ1n) is 7.10. The molecular formula is C17H16FNO3. The summed E-state index contributed by atoms with van der Waals surface area (Å²) in [6.07, 6.45) is 0.262. The molecule has 1 aliphatic rings. The molecule has 1 heterocycles. The molecule has 5 heteroatoms. The van der Waals surface area contributed by atoms with Gasteiger partial charge in [0.15, 0.2) is 11.5 Å². The Hall–Kier alpha value is -2.56. The van der Waals surface area contributed by atoms with Crippen LogP contribution < -0.4 is 14.8 Å². The normalized spacial score (nSPS) is 12.8. The number of carbonyl (C=O) groups excluding carboxylic acids is 1. The maximum absolute atomic E-state index is 12.8. The third kappa shape index (κ3) is 3.55. The van der Waals surface area contributed by atoms with Crippen LogP contribution in [0.5, 0.6) is 11.5 Å². The minimum atomic E-state index is -0.286. The predicted molar refractivity (Wildman–Crippen MR) is 79.4 cm³/mol. The molecule has 0 spiro atoms. The van der Waals surface area contributed by atoms with Gasteiger partial charge in [0.25, 0.3) is 0 Å². The summed E-state index contributed by atoms with van der Waals surface area (Å²) in [7, 11) is 0. The van der Waals surface area contributed by atoms with Gasteiger partial charge in [-0.3, -0.25) is 4.79 Å². The van der Waals surface area contributed by atoms with Crippen molar-refractivity contribution in [2.45, 2.75) is 13.0 Å². The zero-order valence-electron chi connectivity index (χ0n) is 12.0. The first-order valence-corrected chi connectivity index (χ1v) is 7.10. The molecule has 1 amide bonds. The Morgan fingerprint density at radius 1 is 1.00 bits per heavy atom. The van der Waals surface area contributed by atoms with Gasteiger partial charge in [-0.15, -0.1) is 0 Å². The van der Waals surface area contributed by atoms with E-state index < -0.39 is 0 Å². The van der Waals surface area contributed by atoms with Crippen molar-refractivity contribution in [1.82, 2.24) is 5.32 Å². The summed E-state index contributed by atoms with van der Waals surface area (Å²) in [6, 6.07) is 11.6. The third-order valence-electron chi connectivity index (χ3n) is 3.37. The molecule has 4 nitrogen and oxygen atoms in total. The van der Waals surface area contributed by atoms with E-state index in [2.05, 4.69) is 5.32 Å². The molecule has 1 aliphatic heterocycles. The van der Waals surface area contributed by atoms with E-state index in [1.54, 1.807) is 12.1 Å². The Balaban J connectivity index is 1.56. The van der Waals surface area contributed by atoms with Crippen LogP contribution in [0.15, 0.2) is 42.5 Å². The molecule has 0 saturated carbocycles. The fourth-order valence-electron chi connectivity index (χ4n) is 2.25. The summed E-state index contributed by atoms with van der Waals surface area (Å²) in [5.74, 6) is 1.00. The van der Waals surface area contributed by atoms with Crippen molar-refractivity contribution in [2.24, 2.45) is 0 Å². The molecule has 0 aliphatic carbocycles. The van der Waals surface area contributed by atoms with Gasteiger partial charge >= 0.3 is 0 Å². The molecule has 0 atom stereocenters. The molecule has 0 bridgehead atoms. The monoisotopic (exact) mass is 301 g/mol. The van der Waals surface area contributed by atoms with Gasteiger partial charge in [0, 0.05) is 6.54 Å². The molecule has 2 aromatic rings. The maximum Gasteiger partial charge on any atom is 0.224 e. The first-order chi connectivity index (χ1) is 10.7. The summed E-state index contributed by atoms with van der Waals surface area (Å²) in [5, 5.41) is 2.81. The number of carbonyl (C=O) groups is 1.